The minimum absolute atomic E-state index is 0.195. The Morgan fingerprint density at radius 3 is 2.47 bits per heavy atom. The number of carbonyl (C=O) groups is 1. The van der Waals surface area contributed by atoms with Gasteiger partial charge in [0.2, 0.25) is 5.91 Å². The van der Waals surface area contributed by atoms with Crippen LogP contribution in [-0.4, -0.2) is 19.0 Å². The summed E-state index contributed by atoms with van der Waals surface area (Å²) in [6, 6.07) is 0. The fourth-order valence-corrected chi connectivity index (χ4v) is 2.49. The van der Waals surface area contributed by atoms with Crippen molar-refractivity contribution in [3.63, 3.8) is 0 Å². The molecule has 0 aromatic rings. The maximum Gasteiger partial charge on any atom is 0.227 e. The van der Waals surface area contributed by atoms with E-state index in [0.717, 1.165) is 38.1 Å². The number of rotatable bonds is 5. The highest BCUT2D eigenvalue weighted by molar-refractivity contribution is 5.83. The molecule has 3 N–H and O–H groups in total. The minimum atomic E-state index is -0.195. The Hall–Kier alpha value is -0.570. The molecule has 3 heteroatoms. The molecule has 0 unspecified atom stereocenters. The third-order valence-electron chi connectivity index (χ3n) is 4.25. The Morgan fingerprint density at radius 2 is 2.07 bits per heavy atom. The van der Waals surface area contributed by atoms with Crippen LogP contribution in [0.3, 0.4) is 0 Å². The Balaban J connectivity index is 1.67. The van der Waals surface area contributed by atoms with E-state index in [1.165, 1.54) is 19.3 Å². The van der Waals surface area contributed by atoms with Gasteiger partial charge >= 0.3 is 0 Å². The molecule has 2 aliphatic rings. The van der Waals surface area contributed by atoms with Crippen molar-refractivity contribution in [2.24, 2.45) is 17.1 Å². The lowest BCUT2D eigenvalue weighted by atomic mass is 9.68. The average molecular weight is 210 g/mol. The van der Waals surface area contributed by atoms with Crippen LogP contribution in [0.25, 0.3) is 0 Å². The predicted molar refractivity (Wildman–Crippen MR) is 60.3 cm³/mol. The van der Waals surface area contributed by atoms with E-state index >= 15 is 0 Å². The minimum Gasteiger partial charge on any atom is -0.356 e. The summed E-state index contributed by atoms with van der Waals surface area (Å²) >= 11 is 0. The lowest BCUT2D eigenvalue weighted by Crippen LogP contribution is -2.50. The summed E-state index contributed by atoms with van der Waals surface area (Å²) in [5.74, 6) is 1.08. The predicted octanol–water partition coefficient (Wildman–Crippen LogP) is 1.42. The van der Waals surface area contributed by atoms with E-state index in [2.05, 4.69) is 5.32 Å². The van der Waals surface area contributed by atoms with Crippen molar-refractivity contribution in [3.05, 3.63) is 0 Å². The summed E-state index contributed by atoms with van der Waals surface area (Å²) in [6.45, 7) is 1.37. The summed E-state index contributed by atoms with van der Waals surface area (Å²) in [5, 5.41) is 3.06. The Bertz CT molecular complexity index is 226. The summed E-state index contributed by atoms with van der Waals surface area (Å²) in [4.78, 5) is 11.9. The van der Waals surface area contributed by atoms with Crippen molar-refractivity contribution < 1.29 is 4.79 Å². The fraction of sp³-hybridized carbons (Fsp3) is 0.917. The molecule has 0 spiro atoms. The molecule has 0 aromatic heterocycles. The van der Waals surface area contributed by atoms with E-state index in [-0.39, 0.29) is 11.3 Å². The number of nitrogens with two attached hydrogens (primary N) is 1. The molecule has 0 saturated heterocycles. The van der Waals surface area contributed by atoms with E-state index in [0.29, 0.717) is 6.54 Å². The molecule has 0 aromatic carbocycles. The van der Waals surface area contributed by atoms with Crippen LogP contribution in [0.4, 0.5) is 0 Å². The van der Waals surface area contributed by atoms with E-state index < -0.39 is 0 Å². The summed E-state index contributed by atoms with van der Waals surface area (Å²) in [6.07, 6.45) is 8.39. The molecule has 2 rings (SSSR count). The quantitative estimate of drug-likeness (QED) is 0.721. The molecule has 0 bridgehead atoms. The lowest BCUT2D eigenvalue weighted by molar-refractivity contribution is -0.135. The fourth-order valence-electron chi connectivity index (χ4n) is 2.49. The average Bonchev–Trinajstić information content (AvgIpc) is 2.08. The van der Waals surface area contributed by atoms with Gasteiger partial charge in [0.25, 0.3) is 0 Å². The van der Waals surface area contributed by atoms with Crippen LogP contribution in [0.1, 0.15) is 44.9 Å². The van der Waals surface area contributed by atoms with E-state index in [4.69, 9.17) is 5.73 Å². The highest BCUT2D eigenvalue weighted by Gasteiger charge is 2.42. The van der Waals surface area contributed by atoms with Crippen LogP contribution in [0.15, 0.2) is 0 Å². The van der Waals surface area contributed by atoms with Gasteiger partial charge in [0, 0.05) is 13.1 Å². The number of hydrogen-bond donors (Lipinski definition) is 2. The molecule has 0 radical (unpaired) electrons. The van der Waals surface area contributed by atoms with Gasteiger partial charge in [-0.05, 0) is 25.2 Å². The molecule has 2 aliphatic carbocycles. The zero-order valence-electron chi connectivity index (χ0n) is 9.43. The normalized spacial score (nSPS) is 24.1. The highest BCUT2D eigenvalue weighted by Crippen LogP contribution is 2.40. The largest absolute Gasteiger partial charge is 0.356 e. The first kappa shape index (κ1) is 10.9. The molecule has 2 fully saturated rings. The van der Waals surface area contributed by atoms with Crippen molar-refractivity contribution in [1.82, 2.24) is 5.32 Å². The van der Waals surface area contributed by atoms with Gasteiger partial charge in [-0.15, -0.1) is 0 Å². The van der Waals surface area contributed by atoms with Crippen molar-refractivity contribution in [3.8, 4) is 0 Å². The molecular weight excluding hydrogens is 188 g/mol. The molecule has 0 aliphatic heterocycles. The molecule has 86 valence electrons. The monoisotopic (exact) mass is 210 g/mol. The van der Waals surface area contributed by atoms with Crippen LogP contribution < -0.4 is 11.1 Å². The number of amides is 1. The highest BCUT2D eigenvalue weighted by atomic mass is 16.2. The standard InChI is InChI=1S/C12H22N2O/c13-9-12(6-2-7-12)11(15)14-8-5-10-3-1-4-10/h10H,1-9,13H2,(H,14,15). The third kappa shape index (κ3) is 2.17. The molecule has 2 saturated carbocycles. The smallest absolute Gasteiger partial charge is 0.227 e. The first-order valence-electron chi connectivity index (χ1n) is 6.25. The Kier molecular flexibility index (Phi) is 3.29. The second kappa shape index (κ2) is 4.52. The first-order chi connectivity index (χ1) is 7.27. The van der Waals surface area contributed by atoms with E-state index in [1.807, 2.05) is 0 Å². The summed E-state index contributed by atoms with van der Waals surface area (Å²) in [5.41, 5.74) is 5.48. The molecule has 0 atom stereocenters. The first-order valence-corrected chi connectivity index (χ1v) is 6.25. The van der Waals surface area contributed by atoms with Crippen LogP contribution >= 0.6 is 0 Å². The molecule has 0 heterocycles. The summed E-state index contributed by atoms with van der Waals surface area (Å²) < 4.78 is 0. The van der Waals surface area contributed by atoms with Crippen molar-refractivity contribution in [2.45, 2.75) is 44.9 Å². The zero-order chi connectivity index (χ0) is 10.7. The molecule has 3 nitrogen and oxygen atoms in total. The van der Waals surface area contributed by atoms with Crippen LogP contribution in [0.2, 0.25) is 0 Å². The Morgan fingerprint density at radius 1 is 1.33 bits per heavy atom. The van der Waals surface area contributed by atoms with Gasteiger partial charge < -0.3 is 11.1 Å². The molecule has 15 heavy (non-hydrogen) atoms. The van der Waals surface area contributed by atoms with E-state index in [9.17, 15) is 4.79 Å². The van der Waals surface area contributed by atoms with Crippen molar-refractivity contribution in [2.75, 3.05) is 13.1 Å². The van der Waals surface area contributed by atoms with Gasteiger partial charge in [-0.3, -0.25) is 4.79 Å². The van der Waals surface area contributed by atoms with Crippen molar-refractivity contribution in [1.29, 1.82) is 0 Å². The number of nitrogens with one attached hydrogen (secondary N) is 1. The SMILES string of the molecule is NCC1(C(=O)NCCC2CCC2)CCC1. The van der Waals surface area contributed by atoms with Gasteiger partial charge in [-0.1, -0.05) is 25.7 Å². The molecule has 1 amide bonds. The van der Waals surface area contributed by atoms with Gasteiger partial charge in [-0.2, -0.15) is 0 Å². The van der Waals surface area contributed by atoms with E-state index in [1.54, 1.807) is 0 Å². The van der Waals surface area contributed by atoms with Crippen LogP contribution in [0, 0.1) is 11.3 Å². The number of hydrogen-bond acceptors (Lipinski definition) is 2. The van der Waals surface area contributed by atoms with Crippen LogP contribution in [0.5, 0.6) is 0 Å². The Labute approximate surface area is 91.8 Å². The summed E-state index contributed by atoms with van der Waals surface area (Å²) in [7, 11) is 0. The van der Waals surface area contributed by atoms with Gasteiger partial charge in [0.05, 0.1) is 5.41 Å². The van der Waals surface area contributed by atoms with Gasteiger partial charge in [-0.25, -0.2) is 0 Å². The second-order valence-electron chi connectivity index (χ2n) is 5.18. The number of carbonyl (C=O) groups excluding carboxylic acids is 1. The van der Waals surface area contributed by atoms with Gasteiger partial charge in [0.15, 0.2) is 0 Å². The molecular formula is C12H22N2O. The van der Waals surface area contributed by atoms with Gasteiger partial charge in [0.1, 0.15) is 0 Å². The van der Waals surface area contributed by atoms with Crippen molar-refractivity contribution >= 4 is 5.91 Å². The van der Waals surface area contributed by atoms with Crippen LogP contribution in [-0.2, 0) is 4.79 Å². The maximum atomic E-state index is 11.9. The second-order valence-corrected chi connectivity index (χ2v) is 5.18. The topological polar surface area (TPSA) is 55.1 Å². The maximum absolute atomic E-state index is 11.9. The lowest BCUT2D eigenvalue weighted by Gasteiger charge is -2.39. The zero-order valence-corrected chi connectivity index (χ0v) is 9.43. The third-order valence-corrected chi connectivity index (χ3v) is 4.25.